The summed E-state index contributed by atoms with van der Waals surface area (Å²) in [5.41, 5.74) is 2.20. The molecule has 4 rings (SSSR count). The highest BCUT2D eigenvalue weighted by Gasteiger charge is 2.42. The Kier molecular flexibility index (Phi) is 5.15. The van der Waals surface area contributed by atoms with Crippen molar-refractivity contribution < 1.29 is 14.0 Å². The summed E-state index contributed by atoms with van der Waals surface area (Å²) < 4.78 is 13.1. The molecule has 0 saturated carbocycles. The van der Waals surface area contributed by atoms with Crippen LogP contribution in [0.1, 0.15) is 24.0 Å². The number of rotatable bonds is 4. The molecule has 2 aromatic carbocycles. The number of hydrogen-bond donors (Lipinski definition) is 2. The van der Waals surface area contributed by atoms with Crippen LogP contribution in [0.3, 0.4) is 0 Å². The number of nitrogens with one attached hydrogen (secondary N) is 2. The normalized spacial score (nSPS) is 18.4. The smallest absolute Gasteiger partial charge is 0.272 e. The second kappa shape index (κ2) is 7.75. The molecule has 7 heteroatoms. The molecule has 6 nitrogen and oxygen atoms in total. The number of anilines is 1. The molecular weight excluding hydrogens is 371 g/mol. The van der Waals surface area contributed by atoms with Crippen molar-refractivity contribution in [3.63, 3.8) is 0 Å². The maximum atomic E-state index is 13.1. The van der Waals surface area contributed by atoms with Gasteiger partial charge in [-0.25, -0.2) is 4.39 Å². The van der Waals surface area contributed by atoms with E-state index in [1.165, 1.54) is 12.1 Å². The largest absolute Gasteiger partial charge is 0.326 e. The first kappa shape index (κ1) is 19.3. The second-order valence-electron chi connectivity index (χ2n) is 7.65. The van der Waals surface area contributed by atoms with Gasteiger partial charge < -0.3 is 10.6 Å². The number of hydrogen-bond acceptors (Lipinski definition) is 4. The molecule has 0 radical (unpaired) electrons. The zero-order valence-corrected chi connectivity index (χ0v) is 16.2. The molecule has 0 aliphatic carbocycles. The molecule has 1 fully saturated rings. The first-order valence-corrected chi connectivity index (χ1v) is 9.70. The number of aliphatic imine (C=N–C) groups is 1. The molecule has 0 unspecified atom stereocenters. The lowest BCUT2D eigenvalue weighted by molar-refractivity contribution is -0.119. The molecule has 1 saturated heterocycles. The Labute approximate surface area is 168 Å². The molecule has 0 aromatic heterocycles. The number of carbonyl (C=O) groups is 2. The fourth-order valence-electron chi connectivity index (χ4n) is 3.81. The van der Waals surface area contributed by atoms with Gasteiger partial charge >= 0.3 is 0 Å². The molecule has 2 heterocycles. The van der Waals surface area contributed by atoms with E-state index in [1.807, 2.05) is 31.2 Å². The molecule has 150 valence electrons. The van der Waals surface area contributed by atoms with E-state index in [1.54, 1.807) is 12.1 Å². The van der Waals surface area contributed by atoms with Crippen LogP contribution in [0.4, 0.5) is 10.1 Å². The van der Waals surface area contributed by atoms with E-state index in [4.69, 9.17) is 0 Å². The number of aryl methyl sites for hydroxylation is 1. The molecule has 1 spiro atoms. The number of halogens is 1. The third-order valence-electron chi connectivity index (χ3n) is 5.36. The van der Waals surface area contributed by atoms with E-state index in [2.05, 4.69) is 20.5 Å². The van der Waals surface area contributed by atoms with Gasteiger partial charge in [0.2, 0.25) is 5.91 Å². The number of benzene rings is 2. The summed E-state index contributed by atoms with van der Waals surface area (Å²) >= 11 is 0. The highest BCUT2D eigenvalue weighted by atomic mass is 19.1. The minimum atomic E-state index is -0.635. The van der Waals surface area contributed by atoms with Crippen molar-refractivity contribution in [2.75, 3.05) is 25.0 Å². The Balaban J connectivity index is 1.36. The van der Waals surface area contributed by atoms with Gasteiger partial charge in [-0.15, -0.1) is 0 Å². The Morgan fingerprint density at radius 3 is 2.62 bits per heavy atom. The summed E-state index contributed by atoms with van der Waals surface area (Å²) in [6.45, 7) is 3.59. The SMILES string of the molecule is Cc1cccc(NC(=O)CN2CCC3(CC2)N=C(c2ccc(F)cc2)C(=O)N3)c1. The zero-order valence-electron chi connectivity index (χ0n) is 16.2. The fraction of sp³-hybridized carbons (Fsp3) is 0.318. The van der Waals surface area contributed by atoms with Crippen LogP contribution >= 0.6 is 0 Å². The van der Waals surface area contributed by atoms with Gasteiger partial charge in [-0.3, -0.25) is 19.5 Å². The predicted molar refractivity (Wildman–Crippen MR) is 109 cm³/mol. The average Bonchev–Trinajstić information content (AvgIpc) is 3.00. The van der Waals surface area contributed by atoms with Gasteiger partial charge in [-0.1, -0.05) is 12.1 Å². The lowest BCUT2D eigenvalue weighted by atomic mass is 9.98. The van der Waals surface area contributed by atoms with Crippen molar-refractivity contribution in [1.29, 1.82) is 0 Å². The summed E-state index contributed by atoms with van der Waals surface area (Å²) in [7, 11) is 0. The van der Waals surface area contributed by atoms with Crippen molar-refractivity contribution in [1.82, 2.24) is 10.2 Å². The summed E-state index contributed by atoms with van der Waals surface area (Å²) in [6.07, 6.45) is 1.25. The Morgan fingerprint density at radius 1 is 1.21 bits per heavy atom. The molecular formula is C22H23FN4O2. The van der Waals surface area contributed by atoms with E-state index < -0.39 is 5.66 Å². The number of piperidine rings is 1. The number of nitrogens with zero attached hydrogens (tertiary/aromatic N) is 2. The maximum absolute atomic E-state index is 13.1. The van der Waals surface area contributed by atoms with E-state index >= 15 is 0 Å². The zero-order chi connectivity index (χ0) is 20.4. The van der Waals surface area contributed by atoms with Crippen LogP contribution < -0.4 is 10.6 Å². The summed E-state index contributed by atoms with van der Waals surface area (Å²) in [4.78, 5) is 31.5. The van der Waals surface area contributed by atoms with Crippen molar-refractivity contribution >= 4 is 23.2 Å². The molecule has 2 aliphatic rings. The highest BCUT2D eigenvalue weighted by Crippen LogP contribution is 2.28. The molecule has 2 N–H and O–H groups in total. The van der Waals surface area contributed by atoms with Crippen LogP contribution in [-0.4, -0.2) is 47.7 Å². The maximum Gasteiger partial charge on any atom is 0.272 e. The molecule has 0 atom stereocenters. The van der Waals surface area contributed by atoms with E-state index in [9.17, 15) is 14.0 Å². The Hall–Kier alpha value is -3.06. The van der Waals surface area contributed by atoms with Crippen molar-refractivity contribution in [2.45, 2.75) is 25.4 Å². The van der Waals surface area contributed by atoms with Gasteiger partial charge in [0.15, 0.2) is 0 Å². The number of carbonyl (C=O) groups excluding carboxylic acids is 2. The lowest BCUT2D eigenvalue weighted by Gasteiger charge is -2.36. The standard InChI is InChI=1S/C22H23FN4O2/c1-15-3-2-4-18(13-15)24-19(28)14-27-11-9-22(10-12-27)25-20(21(29)26-22)16-5-7-17(23)8-6-16/h2-8,13H,9-12,14H2,1H3,(H,24,28)(H,26,29). The Morgan fingerprint density at radius 2 is 1.93 bits per heavy atom. The summed E-state index contributed by atoms with van der Waals surface area (Å²) in [5.74, 6) is -0.639. The van der Waals surface area contributed by atoms with Gasteiger partial charge in [-0.05, 0) is 48.9 Å². The van der Waals surface area contributed by atoms with E-state index in [0.29, 0.717) is 43.8 Å². The third-order valence-corrected chi connectivity index (χ3v) is 5.36. The minimum absolute atomic E-state index is 0.0579. The van der Waals surface area contributed by atoms with Crippen LogP contribution in [0.2, 0.25) is 0 Å². The first-order chi connectivity index (χ1) is 13.9. The average molecular weight is 394 g/mol. The van der Waals surface area contributed by atoms with Crippen molar-refractivity contribution in [3.8, 4) is 0 Å². The van der Waals surface area contributed by atoms with Gasteiger partial charge in [0, 0.05) is 37.2 Å². The van der Waals surface area contributed by atoms with Gasteiger partial charge in [0.1, 0.15) is 17.2 Å². The second-order valence-corrected chi connectivity index (χ2v) is 7.65. The van der Waals surface area contributed by atoms with E-state index in [0.717, 1.165) is 11.3 Å². The molecule has 0 bridgehead atoms. The Bertz CT molecular complexity index is 963. The number of likely N-dealkylation sites (tertiary alicyclic amines) is 1. The summed E-state index contributed by atoms with van der Waals surface area (Å²) in [6, 6.07) is 13.5. The van der Waals surface area contributed by atoms with E-state index in [-0.39, 0.29) is 17.6 Å². The first-order valence-electron chi connectivity index (χ1n) is 9.70. The fourth-order valence-corrected chi connectivity index (χ4v) is 3.81. The van der Waals surface area contributed by atoms with Crippen LogP contribution in [0.5, 0.6) is 0 Å². The molecule has 2 amide bonds. The molecule has 2 aromatic rings. The molecule has 29 heavy (non-hydrogen) atoms. The quantitative estimate of drug-likeness (QED) is 0.837. The highest BCUT2D eigenvalue weighted by molar-refractivity contribution is 6.46. The van der Waals surface area contributed by atoms with Crippen LogP contribution in [0.15, 0.2) is 53.5 Å². The topological polar surface area (TPSA) is 73.8 Å². The minimum Gasteiger partial charge on any atom is -0.326 e. The summed E-state index contributed by atoms with van der Waals surface area (Å²) in [5, 5.41) is 5.91. The third kappa shape index (κ3) is 4.35. The number of amides is 2. The predicted octanol–water partition coefficient (Wildman–Crippen LogP) is 2.48. The van der Waals surface area contributed by atoms with Gasteiger partial charge in [0.25, 0.3) is 5.91 Å². The van der Waals surface area contributed by atoms with Crippen molar-refractivity contribution in [2.24, 2.45) is 4.99 Å². The van der Waals surface area contributed by atoms with Crippen molar-refractivity contribution in [3.05, 3.63) is 65.5 Å². The van der Waals surface area contributed by atoms with Crippen LogP contribution in [0.25, 0.3) is 0 Å². The van der Waals surface area contributed by atoms with Crippen LogP contribution in [-0.2, 0) is 9.59 Å². The van der Waals surface area contributed by atoms with Gasteiger partial charge in [-0.2, -0.15) is 0 Å². The monoisotopic (exact) mass is 394 g/mol. The van der Waals surface area contributed by atoms with Crippen LogP contribution in [0, 0.1) is 12.7 Å². The van der Waals surface area contributed by atoms with Gasteiger partial charge in [0.05, 0.1) is 6.54 Å². The molecule has 2 aliphatic heterocycles. The lowest BCUT2D eigenvalue weighted by Crippen LogP contribution is -2.52.